The first kappa shape index (κ1) is 11.0. The smallest absolute Gasteiger partial charge is 0.0743 e. The van der Waals surface area contributed by atoms with Crippen LogP contribution in [0.1, 0.15) is 46.5 Å². The lowest BCUT2D eigenvalue weighted by molar-refractivity contribution is 0.0470. The molecule has 0 aromatic carbocycles. The van der Waals surface area contributed by atoms with Gasteiger partial charge in [-0.2, -0.15) is 0 Å². The summed E-state index contributed by atoms with van der Waals surface area (Å²) in [7, 11) is 0. The Kier molecular flexibility index (Phi) is 3.74. The third-order valence-electron chi connectivity index (χ3n) is 2.92. The first-order chi connectivity index (χ1) is 6.05. The Bertz CT molecular complexity index is 152. The lowest BCUT2D eigenvalue weighted by atomic mass is 10.0. The second-order valence-corrected chi connectivity index (χ2v) is 4.75. The van der Waals surface area contributed by atoms with Gasteiger partial charge >= 0.3 is 0 Å². The zero-order chi connectivity index (χ0) is 9.90. The molecule has 0 bridgehead atoms. The van der Waals surface area contributed by atoms with Gasteiger partial charge in [-0.3, -0.25) is 0 Å². The zero-order valence-electron chi connectivity index (χ0n) is 9.14. The van der Waals surface area contributed by atoms with Crippen molar-refractivity contribution >= 4 is 0 Å². The first-order valence-corrected chi connectivity index (χ1v) is 5.51. The molecule has 0 aromatic rings. The minimum Gasteiger partial charge on any atom is -0.389 e. The van der Waals surface area contributed by atoms with Crippen molar-refractivity contribution < 1.29 is 5.11 Å². The summed E-state index contributed by atoms with van der Waals surface area (Å²) in [4.78, 5) is 0. The van der Waals surface area contributed by atoms with Crippen LogP contribution in [0.3, 0.4) is 0 Å². The molecule has 0 saturated heterocycles. The number of rotatable bonds is 6. The second kappa shape index (κ2) is 4.43. The minimum atomic E-state index is -0.516. The van der Waals surface area contributed by atoms with Crippen LogP contribution in [0.2, 0.25) is 0 Å². The van der Waals surface area contributed by atoms with Crippen molar-refractivity contribution in [2.75, 3.05) is 6.54 Å². The average molecular weight is 185 g/mol. The van der Waals surface area contributed by atoms with E-state index in [1.165, 1.54) is 12.8 Å². The van der Waals surface area contributed by atoms with Gasteiger partial charge in [0, 0.05) is 12.6 Å². The molecule has 0 spiro atoms. The van der Waals surface area contributed by atoms with E-state index in [2.05, 4.69) is 19.2 Å². The Morgan fingerprint density at radius 3 is 2.62 bits per heavy atom. The van der Waals surface area contributed by atoms with Crippen molar-refractivity contribution in [1.82, 2.24) is 5.32 Å². The quantitative estimate of drug-likeness (QED) is 0.662. The number of nitrogens with one attached hydrogen (secondary N) is 1. The number of hydrogen-bond acceptors (Lipinski definition) is 2. The SMILES string of the molecule is CCCC(C)(O)CNC(C)C1CC1. The van der Waals surface area contributed by atoms with Gasteiger partial charge in [0.2, 0.25) is 0 Å². The summed E-state index contributed by atoms with van der Waals surface area (Å²) in [5, 5.41) is 13.3. The van der Waals surface area contributed by atoms with Crippen molar-refractivity contribution in [2.24, 2.45) is 5.92 Å². The molecule has 0 aromatic heterocycles. The van der Waals surface area contributed by atoms with E-state index in [1.807, 2.05) is 6.92 Å². The van der Waals surface area contributed by atoms with Gasteiger partial charge in [0.15, 0.2) is 0 Å². The highest BCUT2D eigenvalue weighted by atomic mass is 16.3. The van der Waals surface area contributed by atoms with Crippen LogP contribution in [0.15, 0.2) is 0 Å². The summed E-state index contributed by atoms with van der Waals surface area (Å²) in [6.07, 6.45) is 4.66. The molecule has 1 rings (SSSR count). The van der Waals surface area contributed by atoms with E-state index in [0.717, 1.165) is 25.3 Å². The van der Waals surface area contributed by atoms with E-state index in [4.69, 9.17) is 0 Å². The normalized spacial score (nSPS) is 24.0. The van der Waals surface area contributed by atoms with Crippen LogP contribution in [-0.4, -0.2) is 23.3 Å². The number of hydrogen-bond donors (Lipinski definition) is 2. The Hall–Kier alpha value is -0.0800. The molecule has 0 aliphatic heterocycles. The van der Waals surface area contributed by atoms with Gasteiger partial charge in [-0.15, -0.1) is 0 Å². The van der Waals surface area contributed by atoms with Crippen molar-refractivity contribution in [3.8, 4) is 0 Å². The molecule has 2 nitrogen and oxygen atoms in total. The van der Waals surface area contributed by atoms with Crippen LogP contribution in [0, 0.1) is 5.92 Å². The van der Waals surface area contributed by atoms with Gasteiger partial charge in [0.1, 0.15) is 0 Å². The Morgan fingerprint density at radius 2 is 2.15 bits per heavy atom. The Labute approximate surface area is 81.7 Å². The fraction of sp³-hybridized carbons (Fsp3) is 1.00. The molecule has 0 heterocycles. The molecular weight excluding hydrogens is 162 g/mol. The highest BCUT2D eigenvalue weighted by Gasteiger charge is 2.29. The molecule has 1 aliphatic carbocycles. The minimum absolute atomic E-state index is 0.516. The lowest BCUT2D eigenvalue weighted by Crippen LogP contribution is -2.42. The summed E-state index contributed by atoms with van der Waals surface area (Å²) >= 11 is 0. The maximum absolute atomic E-state index is 9.90. The molecule has 2 heteroatoms. The molecule has 1 saturated carbocycles. The predicted octanol–water partition coefficient (Wildman–Crippen LogP) is 1.93. The van der Waals surface area contributed by atoms with E-state index < -0.39 is 5.60 Å². The van der Waals surface area contributed by atoms with E-state index in [-0.39, 0.29) is 0 Å². The largest absolute Gasteiger partial charge is 0.389 e. The third kappa shape index (κ3) is 4.10. The van der Waals surface area contributed by atoms with Crippen LogP contribution in [0.5, 0.6) is 0 Å². The molecule has 1 fully saturated rings. The van der Waals surface area contributed by atoms with Crippen molar-refractivity contribution in [3.63, 3.8) is 0 Å². The van der Waals surface area contributed by atoms with Crippen molar-refractivity contribution in [1.29, 1.82) is 0 Å². The van der Waals surface area contributed by atoms with Crippen LogP contribution < -0.4 is 5.32 Å². The van der Waals surface area contributed by atoms with Gasteiger partial charge in [0.05, 0.1) is 5.60 Å². The van der Waals surface area contributed by atoms with Gasteiger partial charge in [-0.05, 0) is 39.0 Å². The topological polar surface area (TPSA) is 32.3 Å². The highest BCUT2D eigenvalue weighted by Crippen LogP contribution is 2.32. The summed E-state index contributed by atoms with van der Waals surface area (Å²) < 4.78 is 0. The van der Waals surface area contributed by atoms with E-state index in [1.54, 1.807) is 0 Å². The van der Waals surface area contributed by atoms with Crippen LogP contribution in [-0.2, 0) is 0 Å². The third-order valence-corrected chi connectivity index (χ3v) is 2.92. The fourth-order valence-electron chi connectivity index (χ4n) is 1.77. The maximum atomic E-state index is 9.90. The first-order valence-electron chi connectivity index (χ1n) is 5.51. The van der Waals surface area contributed by atoms with Crippen LogP contribution in [0.25, 0.3) is 0 Å². The van der Waals surface area contributed by atoms with Crippen molar-refractivity contribution in [2.45, 2.75) is 58.1 Å². The number of aliphatic hydroxyl groups is 1. The van der Waals surface area contributed by atoms with Gasteiger partial charge in [-0.1, -0.05) is 13.3 Å². The maximum Gasteiger partial charge on any atom is 0.0743 e. The molecule has 78 valence electrons. The van der Waals surface area contributed by atoms with Crippen molar-refractivity contribution in [3.05, 3.63) is 0 Å². The Morgan fingerprint density at radius 1 is 1.54 bits per heavy atom. The zero-order valence-corrected chi connectivity index (χ0v) is 9.14. The molecule has 2 N–H and O–H groups in total. The van der Waals surface area contributed by atoms with Gasteiger partial charge in [0.25, 0.3) is 0 Å². The Balaban J connectivity index is 2.15. The molecule has 0 radical (unpaired) electrons. The summed E-state index contributed by atoms with van der Waals surface area (Å²) in [6, 6.07) is 0.586. The molecule has 0 amide bonds. The van der Waals surface area contributed by atoms with Crippen LogP contribution in [0.4, 0.5) is 0 Å². The molecule has 1 aliphatic rings. The molecule has 13 heavy (non-hydrogen) atoms. The lowest BCUT2D eigenvalue weighted by Gasteiger charge is -2.25. The molecule has 2 unspecified atom stereocenters. The second-order valence-electron chi connectivity index (χ2n) is 4.75. The van der Waals surface area contributed by atoms with E-state index >= 15 is 0 Å². The monoisotopic (exact) mass is 185 g/mol. The fourth-order valence-corrected chi connectivity index (χ4v) is 1.77. The standard InChI is InChI=1S/C11H23NO/c1-4-7-11(3,13)8-12-9(2)10-5-6-10/h9-10,12-13H,4-8H2,1-3H3. The van der Waals surface area contributed by atoms with Gasteiger partial charge in [-0.25, -0.2) is 0 Å². The van der Waals surface area contributed by atoms with E-state index in [0.29, 0.717) is 6.04 Å². The summed E-state index contributed by atoms with van der Waals surface area (Å²) in [5.74, 6) is 0.873. The average Bonchev–Trinajstić information content (AvgIpc) is 2.82. The predicted molar refractivity (Wildman–Crippen MR) is 55.7 cm³/mol. The summed E-state index contributed by atoms with van der Waals surface area (Å²) in [5.41, 5.74) is -0.516. The van der Waals surface area contributed by atoms with E-state index in [9.17, 15) is 5.11 Å². The summed E-state index contributed by atoms with van der Waals surface area (Å²) in [6.45, 7) is 6.99. The van der Waals surface area contributed by atoms with Crippen LogP contribution >= 0.6 is 0 Å². The van der Waals surface area contributed by atoms with Gasteiger partial charge < -0.3 is 10.4 Å². The highest BCUT2D eigenvalue weighted by molar-refractivity contribution is 4.85. The molecule has 2 atom stereocenters. The molecular formula is C11H23NO.